The second-order valence-electron chi connectivity index (χ2n) is 5.49. The highest BCUT2D eigenvalue weighted by Crippen LogP contribution is 2.21. The summed E-state index contributed by atoms with van der Waals surface area (Å²) in [6.45, 7) is 0.110. The zero-order valence-electron chi connectivity index (χ0n) is 13.3. The van der Waals surface area contributed by atoms with Crippen molar-refractivity contribution in [1.29, 1.82) is 0 Å². The van der Waals surface area contributed by atoms with Gasteiger partial charge in [0, 0.05) is 22.3 Å². The van der Waals surface area contributed by atoms with Gasteiger partial charge in [0.25, 0.3) is 0 Å². The minimum Gasteiger partial charge on any atom is -0.334 e. The number of hydrogen-bond acceptors (Lipinski definition) is 1. The Kier molecular flexibility index (Phi) is 5.46. The molecule has 3 rings (SSSR count). The molecule has 0 heterocycles. The molecule has 5 heteroatoms. The number of urea groups is 1. The SMILES string of the molecule is O=C(NCc1cc(Br)ccc1F)Nc1ccc(-c2ccccc2)cc1. The first-order valence-corrected chi connectivity index (χ1v) is 8.55. The number of halogens is 2. The van der Waals surface area contributed by atoms with Crippen LogP contribution in [-0.2, 0) is 6.54 Å². The van der Waals surface area contributed by atoms with E-state index < -0.39 is 0 Å². The van der Waals surface area contributed by atoms with Gasteiger partial charge in [-0.25, -0.2) is 9.18 Å². The zero-order chi connectivity index (χ0) is 17.6. The predicted molar refractivity (Wildman–Crippen MR) is 102 cm³/mol. The van der Waals surface area contributed by atoms with Crippen LogP contribution in [0.1, 0.15) is 5.56 Å². The smallest absolute Gasteiger partial charge is 0.319 e. The molecule has 0 aliphatic rings. The van der Waals surface area contributed by atoms with Crippen molar-refractivity contribution in [2.45, 2.75) is 6.54 Å². The average molecular weight is 399 g/mol. The lowest BCUT2D eigenvalue weighted by Crippen LogP contribution is -2.28. The number of rotatable bonds is 4. The molecule has 0 spiro atoms. The standard InChI is InChI=1S/C20H16BrFN2O/c21-17-8-11-19(22)16(12-17)13-23-20(25)24-18-9-6-15(7-10-18)14-4-2-1-3-5-14/h1-12H,13H2,(H2,23,24,25). The Labute approximate surface area is 154 Å². The van der Waals surface area contributed by atoms with Crippen LogP contribution in [-0.4, -0.2) is 6.03 Å². The summed E-state index contributed by atoms with van der Waals surface area (Å²) in [5, 5.41) is 5.39. The number of nitrogens with one attached hydrogen (secondary N) is 2. The molecule has 0 saturated carbocycles. The third-order valence-corrected chi connectivity index (χ3v) is 4.19. The maximum Gasteiger partial charge on any atom is 0.319 e. The number of benzene rings is 3. The third-order valence-electron chi connectivity index (χ3n) is 3.70. The molecule has 0 atom stereocenters. The van der Waals surface area contributed by atoms with Crippen LogP contribution >= 0.6 is 15.9 Å². The van der Waals surface area contributed by atoms with Crippen molar-refractivity contribution < 1.29 is 9.18 Å². The van der Waals surface area contributed by atoms with Gasteiger partial charge in [-0.3, -0.25) is 0 Å². The van der Waals surface area contributed by atoms with Crippen molar-refractivity contribution in [3.05, 3.63) is 88.6 Å². The third kappa shape index (κ3) is 4.67. The molecule has 2 amide bonds. The molecule has 0 aliphatic carbocycles. The van der Waals surface area contributed by atoms with Gasteiger partial charge in [-0.2, -0.15) is 0 Å². The molecule has 0 fully saturated rings. The fraction of sp³-hybridized carbons (Fsp3) is 0.0500. The number of hydrogen-bond donors (Lipinski definition) is 2. The maximum atomic E-state index is 13.7. The lowest BCUT2D eigenvalue weighted by molar-refractivity contribution is 0.251. The van der Waals surface area contributed by atoms with E-state index in [1.54, 1.807) is 12.1 Å². The van der Waals surface area contributed by atoms with Gasteiger partial charge in [0.05, 0.1) is 0 Å². The molecular weight excluding hydrogens is 383 g/mol. The van der Waals surface area contributed by atoms with Crippen molar-refractivity contribution in [3.8, 4) is 11.1 Å². The summed E-state index contributed by atoms with van der Waals surface area (Å²) in [5.74, 6) is -0.351. The Morgan fingerprint density at radius 1 is 0.920 bits per heavy atom. The predicted octanol–water partition coefficient (Wildman–Crippen LogP) is 5.58. The molecule has 0 unspecified atom stereocenters. The van der Waals surface area contributed by atoms with Crippen molar-refractivity contribution >= 4 is 27.6 Å². The first-order chi connectivity index (χ1) is 12.1. The number of carbonyl (C=O) groups excluding carboxylic acids is 1. The first-order valence-electron chi connectivity index (χ1n) is 7.76. The van der Waals surface area contributed by atoms with Crippen LogP contribution in [0, 0.1) is 5.82 Å². The highest BCUT2D eigenvalue weighted by molar-refractivity contribution is 9.10. The Morgan fingerprint density at radius 3 is 2.32 bits per heavy atom. The Balaban J connectivity index is 1.59. The largest absolute Gasteiger partial charge is 0.334 e. The monoisotopic (exact) mass is 398 g/mol. The van der Waals surface area contributed by atoms with E-state index in [1.165, 1.54) is 6.07 Å². The minimum atomic E-state index is -0.383. The highest BCUT2D eigenvalue weighted by atomic mass is 79.9. The molecule has 0 aromatic heterocycles. The Bertz CT molecular complexity index is 867. The molecule has 0 aliphatic heterocycles. The van der Waals surface area contributed by atoms with Gasteiger partial charge in [-0.05, 0) is 41.5 Å². The van der Waals surface area contributed by atoms with E-state index in [1.807, 2.05) is 54.6 Å². The highest BCUT2D eigenvalue weighted by Gasteiger charge is 2.06. The van der Waals surface area contributed by atoms with Crippen LogP contribution in [0.3, 0.4) is 0 Å². The van der Waals surface area contributed by atoms with E-state index in [9.17, 15) is 9.18 Å². The minimum absolute atomic E-state index is 0.110. The molecule has 25 heavy (non-hydrogen) atoms. The molecular formula is C20H16BrFN2O. The average Bonchev–Trinajstić information content (AvgIpc) is 2.64. The zero-order valence-corrected chi connectivity index (χ0v) is 14.9. The molecule has 126 valence electrons. The van der Waals surface area contributed by atoms with Gasteiger partial charge in [0.2, 0.25) is 0 Å². The molecule has 0 saturated heterocycles. The van der Waals surface area contributed by atoms with Crippen LogP contribution in [0.4, 0.5) is 14.9 Å². The van der Waals surface area contributed by atoms with E-state index in [0.29, 0.717) is 11.3 Å². The second kappa shape index (κ2) is 7.94. The Hall–Kier alpha value is -2.66. The van der Waals surface area contributed by atoms with Crippen molar-refractivity contribution in [3.63, 3.8) is 0 Å². The second-order valence-corrected chi connectivity index (χ2v) is 6.40. The molecule has 0 radical (unpaired) electrons. The van der Waals surface area contributed by atoms with Crippen LogP contribution in [0.2, 0.25) is 0 Å². The molecule has 3 nitrogen and oxygen atoms in total. The fourth-order valence-corrected chi connectivity index (χ4v) is 2.81. The summed E-state index contributed by atoms with van der Waals surface area (Å²) >= 11 is 3.29. The molecule has 3 aromatic carbocycles. The normalized spacial score (nSPS) is 10.3. The van der Waals surface area contributed by atoms with Crippen molar-refractivity contribution in [2.75, 3.05) is 5.32 Å². The van der Waals surface area contributed by atoms with E-state index in [0.717, 1.165) is 15.6 Å². The van der Waals surface area contributed by atoms with Crippen molar-refractivity contribution in [2.24, 2.45) is 0 Å². The molecule has 2 N–H and O–H groups in total. The van der Waals surface area contributed by atoms with Gasteiger partial charge in [0.1, 0.15) is 5.82 Å². The van der Waals surface area contributed by atoms with Crippen LogP contribution in [0.5, 0.6) is 0 Å². The van der Waals surface area contributed by atoms with Crippen molar-refractivity contribution in [1.82, 2.24) is 5.32 Å². The van der Waals surface area contributed by atoms with E-state index in [2.05, 4.69) is 26.6 Å². The Morgan fingerprint density at radius 2 is 1.60 bits per heavy atom. The molecule has 0 bridgehead atoms. The van der Waals surface area contributed by atoms with Crippen LogP contribution < -0.4 is 10.6 Å². The van der Waals surface area contributed by atoms with Crippen LogP contribution in [0.15, 0.2) is 77.3 Å². The number of carbonyl (C=O) groups is 1. The van der Waals surface area contributed by atoms with E-state index in [4.69, 9.17) is 0 Å². The van der Waals surface area contributed by atoms with E-state index in [-0.39, 0.29) is 18.4 Å². The lowest BCUT2D eigenvalue weighted by Gasteiger charge is -2.09. The van der Waals surface area contributed by atoms with Gasteiger partial charge >= 0.3 is 6.03 Å². The maximum absolute atomic E-state index is 13.7. The first kappa shape index (κ1) is 17.2. The topological polar surface area (TPSA) is 41.1 Å². The lowest BCUT2D eigenvalue weighted by atomic mass is 10.1. The summed E-state index contributed by atoms with van der Waals surface area (Å²) in [5.41, 5.74) is 3.28. The summed E-state index contributed by atoms with van der Waals surface area (Å²) in [7, 11) is 0. The summed E-state index contributed by atoms with van der Waals surface area (Å²) in [6.07, 6.45) is 0. The van der Waals surface area contributed by atoms with Gasteiger partial charge in [-0.15, -0.1) is 0 Å². The van der Waals surface area contributed by atoms with Gasteiger partial charge < -0.3 is 10.6 Å². The molecule has 3 aromatic rings. The number of amides is 2. The number of anilines is 1. The summed E-state index contributed by atoms with van der Waals surface area (Å²) < 4.78 is 14.4. The van der Waals surface area contributed by atoms with Gasteiger partial charge in [0.15, 0.2) is 0 Å². The summed E-state index contributed by atoms with van der Waals surface area (Å²) in [6, 6.07) is 21.8. The van der Waals surface area contributed by atoms with E-state index >= 15 is 0 Å². The summed E-state index contributed by atoms with van der Waals surface area (Å²) in [4.78, 5) is 12.0. The quantitative estimate of drug-likeness (QED) is 0.591. The van der Waals surface area contributed by atoms with Gasteiger partial charge in [-0.1, -0.05) is 58.4 Å². The fourth-order valence-electron chi connectivity index (χ4n) is 2.41. The van der Waals surface area contributed by atoms with Crippen LogP contribution in [0.25, 0.3) is 11.1 Å².